The van der Waals surface area contributed by atoms with Crippen LogP contribution in [0.2, 0.25) is 0 Å². The minimum absolute atomic E-state index is 0.180. The zero-order valence-electron chi connectivity index (χ0n) is 7.25. The summed E-state index contributed by atoms with van der Waals surface area (Å²) in [6.07, 6.45) is 4.94. The molecule has 2 aromatic heterocycles. The van der Waals surface area contributed by atoms with E-state index in [0.29, 0.717) is 0 Å². The second kappa shape index (κ2) is 3.62. The summed E-state index contributed by atoms with van der Waals surface area (Å²) in [6, 6.07) is 7.33. The highest BCUT2D eigenvalue weighted by Gasteiger charge is 1.99. The number of hydrogen-bond donors (Lipinski definition) is 0. The maximum Gasteiger partial charge on any atom is 0.232 e. The Labute approximate surface area is 80.9 Å². The van der Waals surface area contributed by atoms with Gasteiger partial charge in [-0.25, -0.2) is 9.97 Å². The number of pyridine rings is 1. The molecule has 0 radical (unpaired) electrons. The first-order valence-electron chi connectivity index (χ1n) is 4.04. The van der Waals surface area contributed by atoms with E-state index in [2.05, 4.69) is 15.0 Å². The predicted octanol–water partition coefficient (Wildman–Crippen LogP) is 1.41. The molecule has 4 nitrogen and oxygen atoms in total. The molecule has 4 heteroatoms. The molecule has 2 heterocycles. The number of rotatable bonds is 1. The molecule has 0 bridgehead atoms. The molecular formula is C10H6N4. The minimum Gasteiger partial charge on any atom is -0.265 e. The molecule has 14 heavy (non-hydrogen) atoms. The van der Waals surface area contributed by atoms with Gasteiger partial charge in [0.15, 0.2) is 0 Å². The normalized spacial score (nSPS) is 9.36. The van der Waals surface area contributed by atoms with Gasteiger partial charge < -0.3 is 0 Å². The highest BCUT2D eigenvalue weighted by Crippen LogP contribution is 2.13. The summed E-state index contributed by atoms with van der Waals surface area (Å²) >= 11 is 0. The lowest BCUT2D eigenvalue weighted by atomic mass is 10.2. The van der Waals surface area contributed by atoms with Crippen LogP contribution in [0.3, 0.4) is 0 Å². The van der Waals surface area contributed by atoms with Crippen molar-refractivity contribution in [2.45, 2.75) is 0 Å². The maximum absolute atomic E-state index is 8.62. The van der Waals surface area contributed by atoms with Gasteiger partial charge in [-0.1, -0.05) is 0 Å². The van der Waals surface area contributed by atoms with Crippen LogP contribution in [0.4, 0.5) is 0 Å². The molecule has 0 amide bonds. The lowest BCUT2D eigenvalue weighted by molar-refractivity contribution is 1.12. The molecule has 0 saturated heterocycles. The highest BCUT2D eigenvalue weighted by molar-refractivity contribution is 5.57. The summed E-state index contributed by atoms with van der Waals surface area (Å²) < 4.78 is 0. The van der Waals surface area contributed by atoms with E-state index >= 15 is 0 Å². The van der Waals surface area contributed by atoms with Crippen LogP contribution in [0.25, 0.3) is 11.3 Å². The van der Waals surface area contributed by atoms with Crippen molar-refractivity contribution in [3.05, 3.63) is 42.6 Å². The molecule has 0 unspecified atom stereocenters. The maximum atomic E-state index is 8.62. The molecule has 0 atom stereocenters. The average Bonchev–Trinajstić information content (AvgIpc) is 2.30. The molecule has 0 aromatic carbocycles. The summed E-state index contributed by atoms with van der Waals surface area (Å²) in [5.74, 6) is 0.180. The second-order valence-corrected chi connectivity index (χ2v) is 2.61. The van der Waals surface area contributed by atoms with E-state index in [1.165, 1.54) is 0 Å². The first-order chi connectivity index (χ1) is 6.90. The van der Waals surface area contributed by atoms with Gasteiger partial charge in [0.05, 0.1) is 5.69 Å². The summed E-state index contributed by atoms with van der Waals surface area (Å²) in [7, 11) is 0. The predicted molar refractivity (Wildman–Crippen MR) is 50.0 cm³/mol. The number of aromatic nitrogens is 3. The topological polar surface area (TPSA) is 62.5 Å². The molecule has 0 spiro atoms. The molecule has 0 fully saturated rings. The standard InChI is InChI=1S/C10H6N4/c11-7-10-13-6-3-9(14-10)8-1-4-12-5-2-8/h1-6H. The third kappa shape index (κ3) is 1.57. The van der Waals surface area contributed by atoms with E-state index in [0.717, 1.165) is 11.3 Å². The van der Waals surface area contributed by atoms with Crippen molar-refractivity contribution in [2.24, 2.45) is 0 Å². The largest absolute Gasteiger partial charge is 0.265 e. The quantitative estimate of drug-likeness (QED) is 0.668. The van der Waals surface area contributed by atoms with E-state index in [-0.39, 0.29) is 5.82 Å². The molecule has 0 aliphatic rings. The van der Waals surface area contributed by atoms with Gasteiger partial charge in [-0.3, -0.25) is 4.98 Å². The molecule has 0 aliphatic heterocycles. The molecular weight excluding hydrogens is 176 g/mol. The molecule has 2 aromatic rings. The van der Waals surface area contributed by atoms with E-state index in [1.807, 2.05) is 18.2 Å². The Morgan fingerprint density at radius 1 is 1.07 bits per heavy atom. The molecule has 0 N–H and O–H groups in total. The minimum atomic E-state index is 0.180. The first-order valence-corrected chi connectivity index (χ1v) is 4.04. The fraction of sp³-hybridized carbons (Fsp3) is 0. The van der Waals surface area contributed by atoms with Crippen LogP contribution in [0, 0.1) is 11.3 Å². The van der Waals surface area contributed by atoms with Crippen molar-refractivity contribution in [1.82, 2.24) is 15.0 Å². The Hall–Kier alpha value is -2.28. The van der Waals surface area contributed by atoms with Gasteiger partial charge in [0.25, 0.3) is 0 Å². The Kier molecular flexibility index (Phi) is 2.15. The van der Waals surface area contributed by atoms with Crippen molar-refractivity contribution in [3.63, 3.8) is 0 Å². The van der Waals surface area contributed by atoms with Crippen LogP contribution >= 0.6 is 0 Å². The van der Waals surface area contributed by atoms with Gasteiger partial charge in [-0.05, 0) is 18.2 Å². The third-order valence-corrected chi connectivity index (χ3v) is 1.73. The van der Waals surface area contributed by atoms with Gasteiger partial charge in [-0.2, -0.15) is 5.26 Å². The third-order valence-electron chi connectivity index (χ3n) is 1.73. The Morgan fingerprint density at radius 3 is 2.57 bits per heavy atom. The average molecular weight is 182 g/mol. The van der Waals surface area contributed by atoms with Crippen LogP contribution in [0.1, 0.15) is 5.82 Å². The highest BCUT2D eigenvalue weighted by atomic mass is 14.9. The van der Waals surface area contributed by atoms with Crippen LogP contribution in [-0.4, -0.2) is 15.0 Å². The molecule has 66 valence electrons. The Balaban J connectivity index is 2.49. The first kappa shape index (κ1) is 8.32. The lowest BCUT2D eigenvalue weighted by Gasteiger charge is -1.98. The van der Waals surface area contributed by atoms with Gasteiger partial charge in [0.2, 0.25) is 5.82 Å². The molecule has 0 aliphatic carbocycles. The van der Waals surface area contributed by atoms with Crippen molar-refractivity contribution >= 4 is 0 Å². The summed E-state index contributed by atoms with van der Waals surface area (Å²) in [4.78, 5) is 11.8. The van der Waals surface area contributed by atoms with Crippen LogP contribution in [0.5, 0.6) is 0 Å². The Morgan fingerprint density at radius 2 is 1.86 bits per heavy atom. The zero-order chi connectivity index (χ0) is 9.80. The monoisotopic (exact) mass is 182 g/mol. The SMILES string of the molecule is N#Cc1nccc(-c2ccncc2)n1. The lowest BCUT2D eigenvalue weighted by Crippen LogP contribution is -1.90. The van der Waals surface area contributed by atoms with Gasteiger partial charge in [0.1, 0.15) is 6.07 Å². The van der Waals surface area contributed by atoms with Gasteiger partial charge in [-0.15, -0.1) is 0 Å². The van der Waals surface area contributed by atoms with E-state index < -0.39 is 0 Å². The smallest absolute Gasteiger partial charge is 0.232 e. The summed E-state index contributed by atoms with van der Waals surface area (Å²) in [5, 5.41) is 8.62. The number of hydrogen-bond acceptors (Lipinski definition) is 4. The fourth-order valence-corrected chi connectivity index (χ4v) is 1.10. The molecule has 2 rings (SSSR count). The van der Waals surface area contributed by atoms with Crippen molar-refractivity contribution < 1.29 is 0 Å². The van der Waals surface area contributed by atoms with Crippen molar-refractivity contribution in [1.29, 1.82) is 5.26 Å². The Bertz CT molecular complexity index is 473. The van der Waals surface area contributed by atoms with E-state index in [4.69, 9.17) is 5.26 Å². The van der Waals surface area contributed by atoms with Crippen molar-refractivity contribution in [3.8, 4) is 17.3 Å². The number of nitrogens with zero attached hydrogens (tertiary/aromatic N) is 4. The number of nitriles is 1. The van der Waals surface area contributed by atoms with Crippen LogP contribution < -0.4 is 0 Å². The van der Waals surface area contributed by atoms with Gasteiger partial charge >= 0.3 is 0 Å². The summed E-state index contributed by atoms with van der Waals surface area (Å²) in [5.41, 5.74) is 1.66. The van der Waals surface area contributed by atoms with Crippen LogP contribution in [0.15, 0.2) is 36.8 Å². The van der Waals surface area contributed by atoms with Gasteiger partial charge in [0, 0.05) is 24.2 Å². The zero-order valence-corrected chi connectivity index (χ0v) is 7.25. The van der Waals surface area contributed by atoms with E-state index in [1.54, 1.807) is 24.7 Å². The van der Waals surface area contributed by atoms with Crippen molar-refractivity contribution in [2.75, 3.05) is 0 Å². The second-order valence-electron chi connectivity index (χ2n) is 2.61. The summed E-state index contributed by atoms with van der Waals surface area (Å²) in [6.45, 7) is 0. The van der Waals surface area contributed by atoms with E-state index in [9.17, 15) is 0 Å². The molecule has 0 saturated carbocycles. The fourth-order valence-electron chi connectivity index (χ4n) is 1.10. The van der Waals surface area contributed by atoms with Crippen LogP contribution in [-0.2, 0) is 0 Å².